The number of ether oxygens (including phenoxy) is 1. The highest BCUT2D eigenvalue weighted by Crippen LogP contribution is 2.31. The van der Waals surface area contributed by atoms with Crippen LogP contribution in [-0.4, -0.2) is 12.2 Å². The minimum absolute atomic E-state index is 0.472. The normalized spacial score (nSPS) is 41.5. The first-order valence-electron chi connectivity index (χ1n) is 5.82. The smallest absolute Gasteiger partial charge is 0.0578 e. The molecule has 0 aromatic heterocycles. The predicted octanol–water partition coefficient (Wildman–Crippen LogP) is 3.63. The summed E-state index contributed by atoms with van der Waals surface area (Å²) in [5, 5.41) is 0. The van der Waals surface area contributed by atoms with Crippen LogP contribution in [0.4, 0.5) is 0 Å². The number of hydrogen-bond acceptors (Lipinski definition) is 1. The summed E-state index contributed by atoms with van der Waals surface area (Å²) >= 11 is 0. The zero-order valence-corrected chi connectivity index (χ0v) is 9.55. The Labute approximate surface area is 82.9 Å². The summed E-state index contributed by atoms with van der Waals surface area (Å²) in [6.07, 6.45) is 5.99. The van der Waals surface area contributed by atoms with Crippen LogP contribution in [0.15, 0.2) is 0 Å². The van der Waals surface area contributed by atoms with Crippen molar-refractivity contribution in [2.75, 3.05) is 0 Å². The Kier molecular flexibility index (Phi) is 4.24. The van der Waals surface area contributed by atoms with Gasteiger partial charge in [0.2, 0.25) is 0 Å². The molecule has 1 saturated heterocycles. The lowest BCUT2D eigenvalue weighted by molar-refractivity contribution is -0.00261. The second-order valence-electron chi connectivity index (χ2n) is 4.59. The number of hydrogen-bond donors (Lipinski definition) is 0. The molecule has 1 fully saturated rings. The molecule has 4 atom stereocenters. The maximum Gasteiger partial charge on any atom is 0.0578 e. The van der Waals surface area contributed by atoms with Gasteiger partial charge >= 0.3 is 0 Å². The molecule has 0 aromatic carbocycles. The van der Waals surface area contributed by atoms with Gasteiger partial charge in [-0.3, -0.25) is 0 Å². The summed E-state index contributed by atoms with van der Waals surface area (Å²) in [5.74, 6) is 1.73. The Hall–Kier alpha value is -0.0400. The van der Waals surface area contributed by atoms with Gasteiger partial charge in [-0.25, -0.2) is 0 Å². The van der Waals surface area contributed by atoms with Crippen LogP contribution in [0.2, 0.25) is 0 Å². The van der Waals surface area contributed by atoms with Crippen molar-refractivity contribution in [3.05, 3.63) is 0 Å². The monoisotopic (exact) mass is 184 g/mol. The van der Waals surface area contributed by atoms with Gasteiger partial charge < -0.3 is 4.74 Å². The average Bonchev–Trinajstić information content (AvgIpc) is 2.25. The summed E-state index contributed by atoms with van der Waals surface area (Å²) in [7, 11) is 0. The Balaban J connectivity index is 2.56. The molecule has 0 aromatic rings. The zero-order chi connectivity index (χ0) is 9.84. The molecule has 13 heavy (non-hydrogen) atoms. The lowest BCUT2D eigenvalue weighted by Gasteiger charge is -2.20. The van der Waals surface area contributed by atoms with Crippen molar-refractivity contribution < 1.29 is 4.74 Å². The van der Waals surface area contributed by atoms with Crippen LogP contribution in [0, 0.1) is 11.8 Å². The van der Waals surface area contributed by atoms with Crippen molar-refractivity contribution in [1.29, 1.82) is 0 Å². The van der Waals surface area contributed by atoms with E-state index in [1.807, 2.05) is 0 Å². The van der Waals surface area contributed by atoms with E-state index in [0.717, 1.165) is 11.8 Å². The van der Waals surface area contributed by atoms with Gasteiger partial charge in [0.1, 0.15) is 0 Å². The van der Waals surface area contributed by atoms with Crippen molar-refractivity contribution in [3.63, 3.8) is 0 Å². The Morgan fingerprint density at radius 2 is 1.77 bits per heavy atom. The highest BCUT2D eigenvalue weighted by atomic mass is 16.5. The Morgan fingerprint density at radius 1 is 1.08 bits per heavy atom. The molecule has 0 amide bonds. The van der Waals surface area contributed by atoms with Gasteiger partial charge in [-0.15, -0.1) is 0 Å². The molecule has 1 aliphatic rings. The van der Waals surface area contributed by atoms with Crippen molar-refractivity contribution in [3.8, 4) is 0 Å². The molecular weight excluding hydrogens is 160 g/mol. The molecule has 1 rings (SSSR count). The third kappa shape index (κ3) is 2.98. The topological polar surface area (TPSA) is 9.23 Å². The molecule has 4 unspecified atom stereocenters. The van der Waals surface area contributed by atoms with Gasteiger partial charge in [-0.1, -0.05) is 27.2 Å². The van der Waals surface area contributed by atoms with E-state index in [9.17, 15) is 0 Å². The standard InChI is InChI=1S/C12H24O/c1-5-11-8-10(4)13-12(6-2)7-9(11)3/h9-12H,5-8H2,1-4H3. The molecule has 0 aliphatic carbocycles. The van der Waals surface area contributed by atoms with E-state index >= 15 is 0 Å². The third-order valence-corrected chi connectivity index (χ3v) is 3.48. The summed E-state index contributed by atoms with van der Waals surface area (Å²) in [6, 6.07) is 0. The van der Waals surface area contributed by atoms with Crippen LogP contribution in [0.5, 0.6) is 0 Å². The quantitative estimate of drug-likeness (QED) is 0.637. The highest BCUT2D eigenvalue weighted by Gasteiger charge is 2.27. The Morgan fingerprint density at radius 3 is 2.31 bits per heavy atom. The maximum absolute atomic E-state index is 5.96. The molecule has 78 valence electrons. The van der Waals surface area contributed by atoms with E-state index in [0.29, 0.717) is 12.2 Å². The second kappa shape index (κ2) is 4.99. The minimum atomic E-state index is 0.472. The van der Waals surface area contributed by atoms with E-state index in [-0.39, 0.29) is 0 Å². The van der Waals surface area contributed by atoms with Gasteiger partial charge in [-0.05, 0) is 38.0 Å². The molecule has 0 bridgehead atoms. The highest BCUT2D eigenvalue weighted by molar-refractivity contribution is 4.76. The second-order valence-corrected chi connectivity index (χ2v) is 4.59. The van der Waals surface area contributed by atoms with Crippen molar-refractivity contribution in [1.82, 2.24) is 0 Å². The van der Waals surface area contributed by atoms with E-state index in [4.69, 9.17) is 4.74 Å². The largest absolute Gasteiger partial charge is 0.375 e. The average molecular weight is 184 g/mol. The van der Waals surface area contributed by atoms with Gasteiger partial charge in [0.05, 0.1) is 12.2 Å². The first kappa shape index (κ1) is 11.0. The summed E-state index contributed by atoms with van der Waals surface area (Å²) < 4.78 is 5.96. The van der Waals surface area contributed by atoms with Crippen molar-refractivity contribution >= 4 is 0 Å². The van der Waals surface area contributed by atoms with E-state index in [1.165, 1.54) is 25.7 Å². The molecule has 1 heterocycles. The summed E-state index contributed by atoms with van der Waals surface area (Å²) in [4.78, 5) is 0. The predicted molar refractivity (Wildman–Crippen MR) is 56.8 cm³/mol. The third-order valence-electron chi connectivity index (χ3n) is 3.48. The van der Waals surface area contributed by atoms with E-state index in [2.05, 4.69) is 27.7 Å². The summed E-state index contributed by atoms with van der Waals surface area (Å²) in [6.45, 7) is 9.15. The van der Waals surface area contributed by atoms with Crippen molar-refractivity contribution in [2.24, 2.45) is 11.8 Å². The first-order chi connectivity index (χ1) is 6.17. The molecule has 1 aliphatic heterocycles. The number of rotatable bonds is 2. The summed E-state index contributed by atoms with van der Waals surface area (Å²) in [5.41, 5.74) is 0. The molecule has 1 nitrogen and oxygen atoms in total. The van der Waals surface area contributed by atoms with Crippen LogP contribution in [0.25, 0.3) is 0 Å². The van der Waals surface area contributed by atoms with Gasteiger partial charge in [-0.2, -0.15) is 0 Å². The van der Waals surface area contributed by atoms with E-state index in [1.54, 1.807) is 0 Å². The van der Waals surface area contributed by atoms with Crippen molar-refractivity contribution in [2.45, 2.75) is 65.6 Å². The zero-order valence-electron chi connectivity index (χ0n) is 9.55. The molecule has 0 saturated carbocycles. The minimum Gasteiger partial charge on any atom is -0.375 e. The van der Waals surface area contributed by atoms with Crippen LogP contribution in [-0.2, 0) is 4.74 Å². The van der Waals surface area contributed by atoms with Crippen LogP contribution in [0.3, 0.4) is 0 Å². The fourth-order valence-electron chi connectivity index (χ4n) is 2.54. The SMILES string of the molecule is CCC1CC(C)C(CC)CC(C)O1. The fraction of sp³-hybridized carbons (Fsp3) is 1.00. The lowest BCUT2D eigenvalue weighted by atomic mass is 9.84. The van der Waals surface area contributed by atoms with Gasteiger partial charge in [0.15, 0.2) is 0 Å². The maximum atomic E-state index is 5.96. The molecule has 1 heteroatoms. The van der Waals surface area contributed by atoms with E-state index < -0.39 is 0 Å². The molecule has 0 radical (unpaired) electrons. The molecule has 0 N–H and O–H groups in total. The first-order valence-corrected chi connectivity index (χ1v) is 5.82. The lowest BCUT2D eigenvalue weighted by Crippen LogP contribution is -2.16. The fourth-order valence-corrected chi connectivity index (χ4v) is 2.54. The van der Waals surface area contributed by atoms with Gasteiger partial charge in [0, 0.05) is 0 Å². The molecule has 0 spiro atoms. The Bertz CT molecular complexity index is 144. The van der Waals surface area contributed by atoms with Crippen LogP contribution >= 0.6 is 0 Å². The van der Waals surface area contributed by atoms with Crippen LogP contribution in [0.1, 0.15) is 53.4 Å². The molecular formula is C12H24O. The van der Waals surface area contributed by atoms with Gasteiger partial charge in [0.25, 0.3) is 0 Å². The van der Waals surface area contributed by atoms with Crippen LogP contribution < -0.4 is 0 Å².